The maximum Gasteiger partial charge on any atom is 0.573 e. The number of anilines is 2. The van der Waals surface area contributed by atoms with E-state index in [1.807, 2.05) is 24.3 Å². The van der Waals surface area contributed by atoms with Crippen LogP contribution >= 0.6 is 11.8 Å². The van der Waals surface area contributed by atoms with Crippen molar-refractivity contribution in [3.63, 3.8) is 0 Å². The fourth-order valence-electron chi connectivity index (χ4n) is 4.41. The lowest BCUT2D eigenvalue weighted by Crippen LogP contribution is -2.28. The molecule has 0 saturated carbocycles. The van der Waals surface area contributed by atoms with Crippen LogP contribution in [0.25, 0.3) is 17.1 Å². The number of likely N-dealkylation sites (N-methyl/N-ethyl adjacent to an activating group) is 1. The zero-order chi connectivity index (χ0) is 30.0. The molecule has 0 atom stereocenters. The maximum absolute atomic E-state index is 13.2. The summed E-state index contributed by atoms with van der Waals surface area (Å²) in [5.74, 6) is 0.173. The van der Waals surface area contributed by atoms with Crippen molar-refractivity contribution in [3.8, 4) is 22.8 Å². The van der Waals surface area contributed by atoms with Crippen LogP contribution in [-0.4, -0.2) is 45.7 Å². The van der Waals surface area contributed by atoms with E-state index in [0.717, 1.165) is 11.3 Å². The lowest BCUT2D eigenvalue weighted by molar-refractivity contribution is -0.274. The zero-order valence-electron chi connectivity index (χ0n) is 22.9. The summed E-state index contributed by atoms with van der Waals surface area (Å²) in [4.78, 5) is 33.4. The molecular weight excluding hydrogens is 567 g/mol. The molecule has 3 aromatic carbocycles. The number of carbonyl (C=O) groups is 2. The number of amides is 2. The van der Waals surface area contributed by atoms with Gasteiger partial charge in [-0.15, -0.1) is 18.3 Å². The van der Waals surface area contributed by atoms with Crippen molar-refractivity contribution in [2.75, 3.05) is 22.6 Å². The topological polar surface area (TPSA) is 80.6 Å². The fourth-order valence-corrected chi connectivity index (χ4v) is 5.32. The molecule has 1 aromatic heterocycles. The highest BCUT2D eigenvalue weighted by Gasteiger charge is 2.32. The van der Waals surface area contributed by atoms with Gasteiger partial charge >= 0.3 is 6.36 Å². The first-order chi connectivity index (χ1) is 20.0. The van der Waals surface area contributed by atoms with Gasteiger partial charge in [-0.25, -0.2) is 9.67 Å². The van der Waals surface area contributed by atoms with Crippen LogP contribution in [0.5, 0.6) is 5.75 Å². The Morgan fingerprint density at radius 3 is 2.40 bits per heavy atom. The summed E-state index contributed by atoms with van der Waals surface area (Å²) in [5, 5.41) is 4.99. The molecule has 0 N–H and O–H groups in total. The third-order valence-corrected chi connectivity index (χ3v) is 7.52. The number of alkyl halides is 3. The van der Waals surface area contributed by atoms with Crippen molar-refractivity contribution in [1.82, 2.24) is 14.8 Å². The second-order valence-electron chi connectivity index (χ2n) is 9.71. The third kappa shape index (κ3) is 6.33. The lowest BCUT2D eigenvalue weighted by atomic mass is 10.0. The SMILES string of the molecule is CC(C)c1ccccc1N1C(=O)CSC1=CC(=O)N(C)c1ccc(-c2ncn(-c3ccc(OC(F)(F)F)cc3)n2)cc1. The lowest BCUT2D eigenvalue weighted by Gasteiger charge is -2.23. The minimum Gasteiger partial charge on any atom is -0.406 e. The summed E-state index contributed by atoms with van der Waals surface area (Å²) in [5.41, 5.74) is 3.63. The number of ether oxygens (including phenoxy) is 1. The summed E-state index contributed by atoms with van der Waals surface area (Å²) >= 11 is 1.33. The molecule has 0 spiro atoms. The number of para-hydroxylation sites is 1. The molecule has 8 nitrogen and oxygen atoms in total. The van der Waals surface area contributed by atoms with Gasteiger partial charge in [-0.1, -0.05) is 43.8 Å². The average Bonchev–Trinajstić information content (AvgIpc) is 3.59. The van der Waals surface area contributed by atoms with Gasteiger partial charge < -0.3 is 9.64 Å². The zero-order valence-corrected chi connectivity index (χ0v) is 23.7. The molecule has 1 saturated heterocycles. The van der Waals surface area contributed by atoms with Crippen molar-refractivity contribution < 1.29 is 27.5 Å². The van der Waals surface area contributed by atoms with Gasteiger partial charge in [0, 0.05) is 24.4 Å². The largest absolute Gasteiger partial charge is 0.573 e. The van der Waals surface area contributed by atoms with Crippen LogP contribution in [0.4, 0.5) is 24.5 Å². The van der Waals surface area contributed by atoms with Crippen LogP contribution in [-0.2, 0) is 9.59 Å². The first kappa shape index (κ1) is 28.9. The number of benzene rings is 3. The smallest absolute Gasteiger partial charge is 0.406 e. The van der Waals surface area contributed by atoms with Gasteiger partial charge in [-0.05, 0) is 66.1 Å². The third-order valence-electron chi connectivity index (χ3n) is 6.53. The van der Waals surface area contributed by atoms with E-state index in [1.54, 1.807) is 36.2 Å². The summed E-state index contributed by atoms with van der Waals surface area (Å²) < 4.78 is 42.6. The standard InChI is InChI=1S/C30H26F3N5O3S/c1-19(2)24-6-4-5-7-25(24)38-27(40)17-42-28(38)16-26(39)36(3)21-10-8-20(9-11-21)29-34-18-37(35-29)22-12-14-23(15-13-22)41-30(31,32)33/h4-16,18-19H,17H2,1-3H3. The second kappa shape index (κ2) is 11.7. The molecule has 0 radical (unpaired) electrons. The number of halogens is 3. The number of hydrogen-bond donors (Lipinski definition) is 0. The van der Waals surface area contributed by atoms with Crippen LogP contribution in [0, 0.1) is 0 Å². The molecule has 216 valence electrons. The average molecular weight is 594 g/mol. The van der Waals surface area contributed by atoms with Gasteiger partial charge in [0.25, 0.3) is 5.91 Å². The predicted octanol–water partition coefficient (Wildman–Crippen LogP) is 6.54. The van der Waals surface area contributed by atoms with E-state index in [1.165, 1.54) is 58.0 Å². The van der Waals surface area contributed by atoms with E-state index >= 15 is 0 Å². The predicted molar refractivity (Wildman–Crippen MR) is 155 cm³/mol. The fraction of sp³-hybridized carbons (Fsp3) is 0.200. The Kier molecular flexibility index (Phi) is 8.08. The normalized spacial score (nSPS) is 14.6. The monoisotopic (exact) mass is 593 g/mol. The van der Waals surface area contributed by atoms with Crippen molar-refractivity contribution in [2.24, 2.45) is 0 Å². The number of nitrogens with zero attached hydrogens (tertiary/aromatic N) is 5. The number of aromatic nitrogens is 3. The van der Waals surface area contributed by atoms with Crippen molar-refractivity contribution in [1.29, 1.82) is 0 Å². The van der Waals surface area contributed by atoms with Gasteiger partial charge in [-0.2, -0.15) is 0 Å². The molecule has 0 bridgehead atoms. The van der Waals surface area contributed by atoms with E-state index in [4.69, 9.17) is 0 Å². The van der Waals surface area contributed by atoms with Gasteiger partial charge in [-0.3, -0.25) is 14.5 Å². The van der Waals surface area contributed by atoms with Crippen LogP contribution in [0.2, 0.25) is 0 Å². The van der Waals surface area contributed by atoms with E-state index in [-0.39, 0.29) is 29.2 Å². The summed E-state index contributed by atoms with van der Waals surface area (Å²) in [6, 6.07) is 20.0. The Bertz CT molecular complexity index is 1630. The Morgan fingerprint density at radius 1 is 1.05 bits per heavy atom. The molecule has 2 amide bonds. The summed E-state index contributed by atoms with van der Waals surface area (Å²) in [6.45, 7) is 4.12. The molecule has 4 aromatic rings. The Hall–Kier alpha value is -4.58. The van der Waals surface area contributed by atoms with E-state index < -0.39 is 6.36 Å². The molecule has 1 fully saturated rings. The van der Waals surface area contributed by atoms with Crippen LogP contribution in [0.15, 0.2) is 90.2 Å². The van der Waals surface area contributed by atoms with Crippen molar-refractivity contribution >= 4 is 35.0 Å². The maximum atomic E-state index is 13.2. The number of rotatable bonds is 7. The molecule has 1 aliphatic rings. The van der Waals surface area contributed by atoms with E-state index in [2.05, 4.69) is 28.7 Å². The second-order valence-corrected chi connectivity index (χ2v) is 10.7. The number of thioether (sulfide) groups is 1. The van der Waals surface area contributed by atoms with Gasteiger partial charge in [0.1, 0.15) is 12.1 Å². The quantitative estimate of drug-likeness (QED) is 0.227. The van der Waals surface area contributed by atoms with Crippen LogP contribution in [0.1, 0.15) is 25.3 Å². The highest BCUT2D eigenvalue weighted by molar-refractivity contribution is 8.04. The molecular formula is C30H26F3N5O3S. The van der Waals surface area contributed by atoms with E-state index in [0.29, 0.717) is 27.8 Å². The molecule has 0 aliphatic carbocycles. The summed E-state index contributed by atoms with van der Waals surface area (Å²) in [6.07, 6.45) is -1.83. The van der Waals surface area contributed by atoms with Crippen molar-refractivity contribution in [2.45, 2.75) is 26.1 Å². The number of carbonyl (C=O) groups excluding carboxylic acids is 2. The van der Waals surface area contributed by atoms with Crippen molar-refractivity contribution in [3.05, 3.63) is 95.8 Å². The highest BCUT2D eigenvalue weighted by atomic mass is 32.2. The molecule has 5 rings (SSSR count). The minimum atomic E-state index is -4.77. The number of hydrogen-bond acceptors (Lipinski definition) is 6. The van der Waals surface area contributed by atoms with Crippen LogP contribution < -0.4 is 14.5 Å². The van der Waals surface area contributed by atoms with Gasteiger partial charge in [0.05, 0.1) is 22.2 Å². The van der Waals surface area contributed by atoms with Gasteiger partial charge in [0.15, 0.2) is 5.82 Å². The Labute approximate surface area is 244 Å². The molecule has 2 heterocycles. The van der Waals surface area contributed by atoms with Gasteiger partial charge in [0.2, 0.25) is 5.91 Å². The first-order valence-corrected chi connectivity index (χ1v) is 13.9. The molecule has 0 unspecified atom stereocenters. The molecule has 42 heavy (non-hydrogen) atoms. The van der Waals surface area contributed by atoms with Crippen LogP contribution in [0.3, 0.4) is 0 Å². The molecule has 1 aliphatic heterocycles. The first-order valence-electron chi connectivity index (χ1n) is 12.9. The highest BCUT2D eigenvalue weighted by Crippen LogP contribution is 2.38. The molecule has 12 heteroatoms. The Morgan fingerprint density at radius 2 is 1.74 bits per heavy atom. The minimum absolute atomic E-state index is 0.0725. The Balaban J connectivity index is 1.30. The summed E-state index contributed by atoms with van der Waals surface area (Å²) in [7, 11) is 1.65. The van der Waals surface area contributed by atoms with E-state index in [9.17, 15) is 22.8 Å².